The largest absolute Gasteiger partial charge is 0.497 e. The van der Waals surface area contributed by atoms with Crippen molar-refractivity contribution < 1.29 is 23.7 Å². The van der Waals surface area contributed by atoms with Gasteiger partial charge in [0.1, 0.15) is 35.8 Å². The van der Waals surface area contributed by atoms with Crippen molar-refractivity contribution in [2.75, 3.05) is 38.5 Å². The monoisotopic (exact) mass is 437 g/mol. The molecule has 9 heteroatoms. The number of carbonyl (C=O) groups is 1. The number of rotatable bonds is 6. The number of nitrogens with one attached hydrogen (secondary N) is 1. The number of hydrogen-bond donors (Lipinski definition) is 1. The van der Waals surface area contributed by atoms with Crippen LogP contribution in [0.4, 0.5) is 5.69 Å². The molecule has 1 aromatic heterocycles. The fourth-order valence-corrected chi connectivity index (χ4v) is 3.87. The summed E-state index contributed by atoms with van der Waals surface area (Å²) < 4.78 is 21.7. The number of aromatic nitrogens is 1. The van der Waals surface area contributed by atoms with E-state index in [-0.39, 0.29) is 11.7 Å². The number of carbonyl (C=O) groups excluding carboxylic acids is 1. The smallest absolute Gasteiger partial charge is 0.234 e. The van der Waals surface area contributed by atoms with Crippen LogP contribution in [0.3, 0.4) is 0 Å². The first-order valence-electron chi connectivity index (χ1n) is 9.40. The van der Waals surface area contributed by atoms with Crippen LogP contribution in [-0.2, 0) is 4.79 Å². The Bertz CT molecular complexity index is 1190. The van der Waals surface area contributed by atoms with Crippen LogP contribution in [0.5, 0.6) is 23.0 Å². The topological polar surface area (TPSA) is 103 Å². The van der Waals surface area contributed by atoms with Crippen LogP contribution in [0.15, 0.2) is 41.4 Å². The average Bonchev–Trinajstić information content (AvgIpc) is 2.81. The van der Waals surface area contributed by atoms with Gasteiger partial charge in [-0.3, -0.25) is 4.79 Å². The van der Waals surface area contributed by atoms with Crippen LogP contribution in [0.1, 0.15) is 5.56 Å². The molecule has 1 aliphatic rings. The van der Waals surface area contributed by atoms with Crippen molar-refractivity contribution in [1.82, 2.24) is 4.98 Å². The quantitative estimate of drug-likeness (QED) is 0.583. The van der Waals surface area contributed by atoms with E-state index in [1.165, 1.54) is 18.9 Å². The highest BCUT2D eigenvalue weighted by atomic mass is 32.2. The van der Waals surface area contributed by atoms with E-state index in [0.717, 1.165) is 5.39 Å². The lowest BCUT2D eigenvalue weighted by molar-refractivity contribution is -0.113. The van der Waals surface area contributed by atoms with Crippen LogP contribution in [0.25, 0.3) is 10.9 Å². The molecular weight excluding hydrogens is 418 g/mol. The number of anilines is 1. The van der Waals surface area contributed by atoms with E-state index < -0.39 is 0 Å². The van der Waals surface area contributed by atoms with Gasteiger partial charge in [0.2, 0.25) is 5.91 Å². The van der Waals surface area contributed by atoms with Crippen LogP contribution in [0.2, 0.25) is 0 Å². The van der Waals surface area contributed by atoms with Gasteiger partial charge in [-0.15, -0.1) is 0 Å². The van der Waals surface area contributed by atoms with E-state index in [2.05, 4.69) is 16.4 Å². The Labute approximate surface area is 183 Å². The molecule has 31 heavy (non-hydrogen) atoms. The number of thioether (sulfide) groups is 1. The first-order chi connectivity index (χ1) is 15.1. The standard InChI is InChI=1S/C22H19N3O5S/c1-27-15-3-4-16(18(9-15)28-2)24-21(26)12-31-22-14(11-23)7-13-8-19-20(10-17(13)25-22)30-6-5-29-19/h3-4,7-10H,5-6,12H2,1-2H3,(H,24,26). The summed E-state index contributed by atoms with van der Waals surface area (Å²) in [6, 6.07) is 12.6. The van der Waals surface area contributed by atoms with Gasteiger partial charge < -0.3 is 24.3 Å². The number of methoxy groups -OCH3 is 2. The number of nitrogens with zero attached hydrogens (tertiary/aromatic N) is 2. The summed E-state index contributed by atoms with van der Waals surface area (Å²) in [6.45, 7) is 0.963. The van der Waals surface area contributed by atoms with Gasteiger partial charge in [-0.05, 0) is 24.3 Å². The van der Waals surface area contributed by atoms with E-state index >= 15 is 0 Å². The Kier molecular flexibility index (Phi) is 6.00. The second-order valence-corrected chi connectivity index (χ2v) is 7.51. The van der Waals surface area contributed by atoms with E-state index in [1.54, 1.807) is 37.4 Å². The molecule has 0 radical (unpaired) electrons. The summed E-state index contributed by atoms with van der Waals surface area (Å²) in [7, 11) is 3.08. The molecule has 0 atom stereocenters. The van der Waals surface area contributed by atoms with Gasteiger partial charge in [-0.1, -0.05) is 11.8 Å². The molecule has 1 amide bonds. The van der Waals surface area contributed by atoms with Gasteiger partial charge in [0.05, 0.1) is 36.7 Å². The molecule has 0 aliphatic carbocycles. The molecule has 0 saturated carbocycles. The fraction of sp³-hybridized carbons (Fsp3) is 0.227. The van der Waals surface area contributed by atoms with Gasteiger partial charge in [0.25, 0.3) is 0 Å². The zero-order valence-corrected chi connectivity index (χ0v) is 17.7. The number of hydrogen-bond acceptors (Lipinski definition) is 8. The second kappa shape index (κ2) is 9.02. The zero-order valence-electron chi connectivity index (χ0n) is 16.9. The van der Waals surface area contributed by atoms with E-state index in [4.69, 9.17) is 18.9 Å². The molecule has 3 aromatic rings. The fourth-order valence-electron chi connectivity index (χ4n) is 3.11. The molecule has 0 bridgehead atoms. The normalized spacial score (nSPS) is 12.2. The predicted octanol–water partition coefficient (Wildman–Crippen LogP) is 3.63. The minimum atomic E-state index is -0.249. The number of fused-ring (bicyclic) bond motifs is 2. The van der Waals surface area contributed by atoms with Crippen molar-refractivity contribution in [3.8, 4) is 29.1 Å². The Morgan fingerprint density at radius 2 is 1.94 bits per heavy atom. The molecule has 0 fully saturated rings. The van der Waals surface area contributed by atoms with Gasteiger partial charge >= 0.3 is 0 Å². The summed E-state index contributed by atoms with van der Waals surface area (Å²) in [4.78, 5) is 17.1. The molecule has 2 heterocycles. The summed E-state index contributed by atoms with van der Waals surface area (Å²) in [5.74, 6) is 2.20. The average molecular weight is 437 g/mol. The Morgan fingerprint density at radius 3 is 2.65 bits per heavy atom. The number of pyridine rings is 1. The summed E-state index contributed by atoms with van der Waals surface area (Å²) in [5.41, 5.74) is 1.59. The molecule has 0 unspecified atom stereocenters. The minimum Gasteiger partial charge on any atom is -0.497 e. The molecule has 4 rings (SSSR count). The van der Waals surface area contributed by atoms with Crippen LogP contribution >= 0.6 is 11.8 Å². The van der Waals surface area contributed by atoms with Crippen molar-refractivity contribution in [2.24, 2.45) is 0 Å². The van der Waals surface area contributed by atoms with Crippen LogP contribution in [-0.4, -0.2) is 44.1 Å². The maximum Gasteiger partial charge on any atom is 0.234 e. The number of ether oxygens (including phenoxy) is 4. The number of nitriles is 1. The molecule has 2 aromatic carbocycles. The van der Waals surface area contributed by atoms with Crippen molar-refractivity contribution in [3.63, 3.8) is 0 Å². The molecule has 8 nitrogen and oxygen atoms in total. The lowest BCUT2D eigenvalue weighted by atomic mass is 10.1. The van der Waals surface area contributed by atoms with E-state index in [9.17, 15) is 10.1 Å². The second-order valence-electron chi connectivity index (χ2n) is 6.54. The summed E-state index contributed by atoms with van der Waals surface area (Å²) >= 11 is 1.19. The summed E-state index contributed by atoms with van der Waals surface area (Å²) in [6.07, 6.45) is 0. The highest BCUT2D eigenvalue weighted by Crippen LogP contribution is 2.36. The number of benzene rings is 2. The molecule has 158 valence electrons. The van der Waals surface area contributed by atoms with Crippen molar-refractivity contribution in [2.45, 2.75) is 5.03 Å². The van der Waals surface area contributed by atoms with E-state index in [1.807, 2.05) is 6.07 Å². The minimum absolute atomic E-state index is 0.0763. The Hall–Kier alpha value is -3.64. The van der Waals surface area contributed by atoms with Gasteiger partial charge in [0, 0.05) is 17.5 Å². The highest BCUT2D eigenvalue weighted by Gasteiger charge is 2.17. The van der Waals surface area contributed by atoms with Gasteiger partial charge in [0.15, 0.2) is 11.5 Å². The van der Waals surface area contributed by atoms with Crippen molar-refractivity contribution in [1.29, 1.82) is 5.26 Å². The molecule has 1 N–H and O–H groups in total. The highest BCUT2D eigenvalue weighted by molar-refractivity contribution is 8.00. The third-order valence-electron chi connectivity index (χ3n) is 4.59. The Balaban J connectivity index is 1.51. The summed E-state index contributed by atoms with van der Waals surface area (Å²) in [5, 5.41) is 13.6. The predicted molar refractivity (Wildman–Crippen MR) is 116 cm³/mol. The molecule has 1 aliphatic heterocycles. The lowest BCUT2D eigenvalue weighted by Gasteiger charge is -2.19. The first kappa shape index (κ1) is 20.6. The Morgan fingerprint density at radius 1 is 1.16 bits per heavy atom. The first-order valence-corrected chi connectivity index (χ1v) is 10.4. The number of amides is 1. The van der Waals surface area contributed by atoms with Crippen LogP contribution in [0, 0.1) is 11.3 Å². The maximum atomic E-state index is 12.5. The maximum absolute atomic E-state index is 12.5. The van der Waals surface area contributed by atoms with Gasteiger partial charge in [-0.2, -0.15) is 5.26 Å². The third kappa shape index (κ3) is 4.44. The molecule has 0 saturated heterocycles. The lowest BCUT2D eigenvalue weighted by Crippen LogP contribution is -2.15. The molecule has 0 spiro atoms. The van der Waals surface area contributed by atoms with Crippen molar-refractivity contribution >= 4 is 34.3 Å². The third-order valence-corrected chi connectivity index (χ3v) is 5.58. The SMILES string of the molecule is COc1ccc(NC(=O)CSc2nc3cc4c(cc3cc2C#N)OCCO4)c(OC)c1. The van der Waals surface area contributed by atoms with E-state index in [0.29, 0.717) is 58.0 Å². The zero-order chi connectivity index (χ0) is 21.8. The van der Waals surface area contributed by atoms with Crippen LogP contribution < -0.4 is 24.3 Å². The van der Waals surface area contributed by atoms with Crippen molar-refractivity contribution in [3.05, 3.63) is 42.0 Å². The van der Waals surface area contributed by atoms with Gasteiger partial charge in [-0.25, -0.2) is 4.98 Å². The molecular formula is C22H19N3O5S.